The van der Waals surface area contributed by atoms with E-state index in [1.807, 2.05) is 54.6 Å². The van der Waals surface area contributed by atoms with Crippen molar-refractivity contribution in [2.45, 2.75) is 25.4 Å². The van der Waals surface area contributed by atoms with Crippen molar-refractivity contribution in [3.8, 4) is 11.1 Å². The zero-order chi connectivity index (χ0) is 21.1. The van der Waals surface area contributed by atoms with E-state index < -0.39 is 18.1 Å². The van der Waals surface area contributed by atoms with Gasteiger partial charge >= 0.3 is 12.1 Å². The van der Waals surface area contributed by atoms with Gasteiger partial charge in [-0.2, -0.15) is 0 Å². The number of nitrogens with zero attached hydrogens (tertiary/aromatic N) is 1. The Morgan fingerprint density at radius 1 is 0.900 bits per heavy atom. The topological polar surface area (TPSA) is 66.8 Å². The van der Waals surface area contributed by atoms with E-state index >= 15 is 0 Å². The number of aliphatic carboxylic acids is 1. The second kappa shape index (κ2) is 8.41. The summed E-state index contributed by atoms with van der Waals surface area (Å²) in [5.41, 5.74) is 5.38. The maximum atomic E-state index is 12.9. The van der Waals surface area contributed by atoms with Crippen LogP contribution in [0.1, 0.15) is 29.5 Å². The molecule has 0 spiro atoms. The lowest BCUT2D eigenvalue weighted by Crippen LogP contribution is -2.43. The molecule has 3 aromatic rings. The lowest BCUT2D eigenvalue weighted by molar-refractivity contribution is -0.142. The summed E-state index contributed by atoms with van der Waals surface area (Å²) in [7, 11) is 0. The van der Waals surface area contributed by atoms with Crippen LogP contribution in [0.3, 0.4) is 0 Å². The number of ether oxygens (including phenoxy) is 1. The van der Waals surface area contributed by atoms with Crippen molar-refractivity contribution in [3.63, 3.8) is 0 Å². The third-order valence-corrected chi connectivity index (χ3v) is 5.59. The largest absolute Gasteiger partial charge is 0.480 e. The van der Waals surface area contributed by atoms with E-state index in [9.17, 15) is 14.7 Å². The average Bonchev–Trinajstić information content (AvgIpc) is 3.10. The molecular formula is C25H23NO4. The van der Waals surface area contributed by atoms with Crippen LogP contribution < -0.4 is 0 Å². The highest BCUT2D eigenvalue weighted by molar-refractivity contribution is 5.81. The van der Waals surface area contributed by atoms with Crippen LogP contribution in [-0.2, 0) is 16.1 Å². The van der Waals surface area contributed by atoms with Crippen LogP contribution in [0.4, 0.5) is 4.79 Å². The van der Waals surface area contributed by atoms with Crippen LogP contribution in [0.5, 0.6) is 0 Å². The van der Waals surface area contributed by atoms with Crippen molar-refractivity contribution >= 4 is 12.1 Å². The van der Waals surface area contributed by atoms with Gasteiger partial charge in [0.1, 0.15) is 12.6 Å². The van der Waals surface area contributed by atoms with Crippen LogP contribution in [0.25, 0.3) is 11.1 Å². The Bertz CT molecular complexity index is 1020. The van der Waals surface area contributed by atoms with Crippen LogP contribution in [0, 0.1) is 0 Å². The van der Waals surface area contributed by atoms with E-state index in [0.29, 0.717) is 0 Å². The van der Waals surface area contributed by atoms with Crippen molar-refractivity contribution in [2.24, 2.45) is 0 Å². The van der Waals surface area contributed by atoms with Gasteiger partial charge in [-0.1, -0.05) is 78.9 Å². The molecule has 4 rings (SSSR count). The van der Waals surface area contributed by atoms with Crippen molar-refractivity contribution in [2.75, 3.05) is 6.61 Å². The highest BCUT2D eigenvalue weighted by Gasteiger charge is 2.31. The predicted molar refractivity (Wildman–Crippen MR) is 114 cm³/mol. The number of hydrogen-bond donors (Lipinski definition) is 1. The maximum Gasteiger partial charge on any atom is 0.410 e. The number of hydrogen-bond acceptors (Lipinski definition) is 3. The van der Waals surface area contributed by atoms with Gasteiger partial charge < -0.3 is 9.84 Å². The minimum Gasteiger partial charge on any atom is -0.480 e. The fourth-order valence-corrected chi connectivity index (χ4v) is 3.95. The first-order valence-corrected chi connectivity index (χ1v) is 9.94. The molecule has 30 heavy (non-hydrogen) atoms. The van der Waals surface area contributed by atoms with Gasteiger partial charge in [-0.3, -0.25) is 4.90 Å². The minimum absolute atomic E-state index is 0.0694. The number of carboxylic acid groups (broad SMARTS) is 1. The zero-order valence-electron chi connectivity index (χ0n) is 16.7. The van der Waals surface area contributed by atoms with Crippen molar-refractivity contribution in [1.29, 1.82) is 0 Å². The summed E-state index contributed by atoms with van der Waals surface area (Å²) < 4.78 is 5.67. The fourth-order valence-electron chi connectivity index (χ4n) is 3.95. The molecule has 0 aromatic heterocycles. The van der Waals surface area contributed by atoms with Crippen LogP contribution in [0.2, 0.25) is 0 Å². The van der Waals surface area contributed by atoms with E-state index in [4.69, 9.17) is 4.74 Å². The highest BCUT2D eigenvalue weighted by Crippen LogP contribution is 2.44. The molecule has 0 bridgehead atoms. The Hall–Kier alpha value is -3.60. The van der Waals surface area contributed by atoms with E-state index in [1.54, 1.807) is 0 Å². The van der Waals surface area contributed by atoms with Gasteiger partial charge in [0.2, 0.25) is 0 Å². The van der Waals surface area contributed by atoms with Gasteiger partial charge in [-0.25, -0.2) is 9.59 Å². The summed E-state index contributed by atoms with van der Waals surface area (Å²) in [6.45, 7) is 1.82. The number of amides is 1. The third kappa shape index (κ3) is 3.79. The van der Waals surface area contributed by atoms with Crippen molar-refractivity contribution in [1.82, 2.24) is 4.90 Å². The van der Waals surface area contributed by atoms with Gasteiger partial charge in [-0.15, -0.1) is 0 Å². The molecule has 0 saturated heterocycles. The fraction of sp³-hybridized carbons (Fsp3) is 0.200. The summed E-state index contributed by atoms with van der Waals surface area (Å²) in [6, 6.07) is 24.5. The van der Waals surface area contributed by atoms with Gasteiger partial charge in [0, 0.05) is 12.5 Å². The van der Waals surface area contributed by atoms with E-state index in [0.717, 1.165) is 27.8 Å². The lowest BCUT2D eigenvalue weighted by Gasteiger charge is -2.26. The standard InChI is InChI=1S/C25H23NO4/c1-17(24(27)28)26(15-18-9-3-2-4-10-18)25(29)30-16-23-21-13-7-5-11-19(21)20-12-6-8-14-22(20)23/h2-14,17,23H,15-16H2,1H3,(H,27,28)/t17-/m1/s1. The third-order valence-electron chi connectivity index (χ3n) is 5.59. The van der Waals surface area contributed by atoms with Gasteiger partial charge in [0.15, 0.2) is 0 Å². The normalized spacial score (nSPS) is 13.2. The molecule has 5 heteroatoms. The molecule has 0 aliphatic heterocycles. The Morgan fingerprint density at radius 3 is 2.00 bits per heavy atom. The van der Waals surface area contributed by atoms with Crippen molar-refractivity contribution < 1.29 is 19.4 Å². The Labute approximate surface area is 175 Å². The first-order valence-electron chi connectivity index (χ1n) is 9.94. The van der Waals surface area contributed by atoms with Crippen LogP contribution >= 0.6 is 0 Å². The molecule has 3 aromatic carbocycles. The summed E-state index contributed by atoms with van der Waals surface area (Å²) in [6.07, 6.45) is -0.629. The second-order valence-electron chi connectivity index (χ2n) is 7.43. The number of carbonyl (C=O) groups excluding carboxylic acids is 1. The number of benzene rings is 3. The first kappa shape index (κ1) is 19.7. The molecule has 1 aliphatic rings. The average molecular weight is 401 g/mol. The number of rotatable bonds is 6. The molecule has 5 nitrogen and oxygen atoms in total. The van der Waals surface area contributed by atoms with Gasteiger partial charge in [0.05, 0.1) is 0 Å². The molecule has 0 unspecified atom stereocenters. The predicted octanol–water partition coefficient (Wildman–Crippen LogP) is 4.91. The molecule has 0 radical (unpaired) electrons. The van der Waals surface area contributed by atoms with Gasteiger partial charge in [-0.05, 0) is 34.7 Å². The van der Waals surface area contributed by atoms with Crippen LogP contribution in [0.15, 0.2) is 78.9 Å². The molecule has 1 atom stereocenters. The SMILES string of the molecule is C[C@H](C(=O)O)N(Cc1ccccc1)C(=O)OCC1c2ccccc2-c2ccccc21. The quantitative estimate of drug-likeness (QED) is 0.637. The molecule has 152 valence electrons. The first-order chi connectivity index (χ1) is 14.6. The Morgan fingerprint density at radius 2 is 1.43 bits per heavy atom. The molecule has 1 N–H and O–H groups in total. The summed E-state index contributed by atoms with van der Waals surface area (Å²) >= 11 is 0. The second-order valence-corrected chi connectivity index (χ2v) is 7.43. The summed E-state index contributed by atoms with van der Waals surface area (Å²) in [5, 5.41) is 9.47. The number of carboxylic acids is 1. The molecule has 1 amide bonds. The van der Waals surface area contributed by atoms with E-state index in [1.165, 1.54) is 11.8 Å². The summed E-state index contributed by atoms with van der Waals surface area (Å²) in [5.74, 6) is -1.14. The summed E-state index contributed by atoms with van der Waals surface area (Å²) in [4.78, 5) is 25.7. The van der Waals surface area contributed by atoms with Crippen molar-refractivity contribution in [3.05, 3.63) is 95.6 Å². The zero-order valence-corrected chi connectivity index (χ0v) is 16.7. The van der Waals surface area contributed by atoms with E-state index in [-0.39, 0.29) is 19.1 Å². The Kier molecular flexibility index (Phi) is 5.53. The maximum absolute atomic E-state index is 12.9. The number of fused-ring (bicyclic) bond motifs is 3. The number of carbonyl (C=O) groups is 2. The van der Waals surface area contributed by atoms with Gasteiger partial charge in [0.25, 0.3) is 0 Å². The molecular weight excluding hydrogens is 378 g/mol. The molecule has 0 fully saturated rings. The lowest BCUT2D eigenvalue weighted by atomic mass is 9.98. The Balaban J connectivity index is 1.54. The monoisotopic (exact) mass is 401 g/mol. The molecule has 1 aliphatic carbocycles. The highest BCUT2D eigenvalue weighted by atomic mass is 16.6. The van der Waals surface area contributed by atoms with E-state index in [2.05, 4.69) is 24.3 Å². The molecule has 0 saturated carbocycles. The molecule has 0 heterocycles. The smallest absolute Gasteiger partial charge is 0.410 e. The van der Waals surface area contributed by atoms with Crippen LogP contribution in [-0.4, -0.2) is 34.7 Å². The minimum atomic E-state index is -1.07.